The van der Waals surface area contributed by atoms with Crippen molar-refractivity contribution in [2.24, 2.45) is 0 Å². The molecule has 0 aliphatic carbocycles. The Hall–Kier alpha value is -2.91. The van der Waals surface area contributed by atoms with E-state index in [1.165, 1.54) is 22.3 Å². The maximum atomic E-state index is 4.35. The second-order valence-corrected chi connectivity index (χ2v) is 8.30. The number of rotatable bonds is 6. The molecule has 0 fully saturated rings. The van der Waals surface area contributed by atoms with Crippen LogP contribution in [0.3, 0.4) is 0 Å². The van der Waals surface area contributed by atoms with E-state index >= 15 is 0 Å². The van der Waals surface area contributed by atoms with Crippen LogP contribution < -0.4 is 0 Å². The Morgan fingerprint density at radius 2 is 0.636 bits per heavy atom. The molecule has 0 aliphatic heterocycles. The zero-order valence-electron chi connectivity index (χ0n) is 19.9. The zero-order chi connectivity index (χ0) is 22.8. The standard InChI is InChI=1S/2C14H16N2.Ni/c2*1-11-5-7-15-13(9-11)3-4-14-10-12(2)6-8-16-14;/h2*5-10H,3-4H2,1-2H3;/q;;+2. The van der Waals surface area contributed by atoms with Gasteiger partial charge in [-0.3, -0.25) is 19.9 Å². The van der Waals surface area contributed by atoms with Gasteiger partial charge in [0.1, 0.15) is 0 Å². The van der Waals surface area contributed by atoms with Gasteiger partial charge in [-0.2, -0.15) is 0 Å². The molecule has 0 amide bonds. The molecule has 172 valence electrons. The van der Waals surface area contributed by atoms with Crippen molar-refractivity contribution >= 4 is 0 Å². The monoisotopic (exact) mass is 482 g/mol. The first-order valence-corrected chi connectivity index (χ1v) is 11.1. The van der Waals surface area contributed by atoms with Gasteiger partial charge >= 0.3 is 16.5 Å². The molecule has 4 nitrogen and oxygen atoms in total. The summed E-state index contributed by atoms with van der Waals surface area (Å²) < 4.78 is 0. The van der Waals surface area contributed by atoms with Crippen molar-refractivity contribution in [3.05, 3.63) is 118 Å². The molecule has 0 radical (unpaired) electrons. The van der Waals surface area contributed by atoms with Gasteiger partial charge in [0.05, 0.1) is 0 Å². The average Bonchev–Trinajstić information content (AvgIpc) is 2.77. The van der Waals surface area contributed by atoms with Gasteiger partial charge < -0.3 is 0 Å². The SMILES string of the molecule is Cc1ccnc(CCc2cc(C)ccn2)c1.Cc1ccnc(CCc2cc(C)ccn2)c1.[Ni+2]. The molecule has 0 atom stereocenters. The Morgan fingerprint density at radius 3 is 0.818 bits per heavy atom. The molecule has 0 saturated carbocycles. The van der Waals surface area contributed by atoms with Crippen LogP contribution >= 0.6 is 0 Å². The van der Waals surface area contributed by atoms with Crippen LogP contribution in [-0.2, 0) is 42.2 Å². The molecule has 4 rings (SSSR count). The quantitative estimate of drug-likeness (QED) is 0.328. The predicted octanol–water partition coefficient (Wildman–Crippen LogP) is 5.75. The van der Waals surface area contributed by atoms with E-state index in [1.54, 1.807) is 0 Å². The van der Waals surface area contributed by atoms with Crippen LogP contribution in [0.5, 0.6) is 0 Å². The molecular formula is C28H32N4Ni+2. The summed E-state index contributed by atoms with van der Waals surface area (Å²) >= 11 is 0. The Balaban J connectivity index is 0.000000227. The van der Waals surface area contributed by atoms with Crippen LogP contribution in [0.2, 0.25) is 0 Å². The maximum absolute atomic E-state index is 4.35. The van der Waals surface area contributed by atoms with E-state index in [0.29, 0.717) is 0 Å². The van der Waals surface area contributed by atoms with Crippen LogP contribution in [0.25, 0.3) is 0 Å². The van der Waals surface area contributed by atoms with Crippen molar-refractivity contribution in [3.63, 3.8) is 0 Å². The van der Waals surface area contributed by atoms with Gasteiger partial charge in [0.25, 0.3) is 0 Å². The summed E-state index contributed by atoms with van der Waals surface area (Å²) in [5, 5.41) is 0. The number of aryl methyl sites for hydroxylation is 8. The van der Waals surface area contributed by atoms with Crippen molar-refractivity contribution < 1.29 is 16.5 Å². The summed E-state index contributed by atoms with van der Waals surface area (Å²) in [6.07, 6.45) is 11.3. The summed E-state index contributed by atoms with van der Waals surface area (Å²) in [6.45, 7) is 8.37. The number of pyridine rings is 4. The van der Waals surface area contributed by atoms with Crippen molar-refractivity contribution in [1.82, 2.24) is 19.9 Å². The minimum atomic E-state index is 0. The second kappa shape index (κ2) is 13.6. The zero-order valence-corrected chi connectivity index (χ0v) is 20.8. The van der Waals surface area contributed by atoms with E-state index in [0.717, 1.165) is 48.5 Å². The van der Waals surface area contributed by atoms with Crippen molar-refractivity contribution in [2.45, 2.75) is 53.4 Å². The van der Waals surface area contributed by atoms with Crippen molar-refractivity contribution in [1.29, 1.82) is 0 Å². The Bertz CT molecular complexity index is 962. The van der Waals surface area contributed by atoms with Crippen LogP contribution in [0.1, 0.15) is 45.0 Å². The van der Waals surface area contributed by atoms with Gasteiger partial charge in [0.2, 0.25) is 0 Å². The fourth-order valence-corrected chi connectivity index (χ4v) is 3.45. The van der Waals surface area contributed by atoms with Crippen LogP contribution in [0.15, 0.2) is 73.3 Å². The molecule has 33 heavy (non-hydrogen) atoms. The number of hydrogen-bond donors (Lipinski definition) is 0. The molecule has 4 aromatic heterocycles. The first-order valence-electron chi connectivity index (χ1n) is 11.1. The molecule has 0 aromatic carbocycles. The Kier molecular flexibility index (Phi) is 10.9. The van der Waals surface area contributed by atoms with Gasteiger partial charge in [0.15, 0.2) is 0 Å². The summed E-state index contributed by atoms with van der Waals surface area (Å²) in [5.41, 5.74) is 9.63. The smallest absolute Gasteiger partial charge is 0.261 e. The normalized spacial score (nSPS) is 10.1. The Morgan fingerprint density at radius 1 is 0.424 bits per heavy atom. The number of nitrogens with zero attached hydrogens (tertiary/aromatic N) is 4. The van der Waals surface area contributed by atoms with Gasteiger partial charge in [-0.1, -0.05) is 0 Å². The van der Waals surface area contributed by atoms with Gasteiger partial charge in [-0.15, -0.1) is 0 Å². The van der Waals surface area contributed by atoms with E-state index in [-0.39, 0.29) is 16.5 Å². The van der Waals surface area contributed by atoms with Gasteiger partial charge in [-0.05, 0) is 124 Å². The summed E-state index contributed by atoms with van der Waals surface area (Å²) in [5.74, 6) is 0. The van der Waals surface area contributed by atoms with E-state index in [1.807, 2.05) is 49.1 Å². The maximum Gasteiger partial charge on any atom is 2.00 e. The fraction of sp³-hybridized carbons (Fsp3) is 0.286. The minimum Gasteiger partial charge on any atom is -0.261 e. The first-order chi connectivity index (χ1) is 15.5. The van der Waals surface area contributed by atoms with Crippen molar-refractivity contribution in [3.8, 4) is 0 Å². The van der Waals surface area contributed by atoms with Crippen LogP contribution in [-0.4, -0.2) is 19.9 Å². The fourth-order valence-electron chi connectivity index (χ4n) is 3.45. The van der Waals surface area contributed by atoms with Crippen LogP contribution in [0, 0.1) is 27.7 Å². The average molecular weight is 483 g/mol. The topological polar surface area (TPSA) is 51.6 Å². The number of hydrogen-bond acceptors (Lipinski definition) is 4. The molecule has 0 aliphatic rings. The predicted molar refractivity (Wildman–Crippen MR) is 131 cm³/mol. The van der Waals surface area contributed by atoms with Crippen LogP contribution in [0.4, 0.5) is 0 Å². The number of aromatic nitrogens is 4. The molecule has 0 bridgehead atoms. The minimum absolute atomic E-state index is 0. The summed E-state index contributed by atoms with van der Waals surface area (Å²) in [4.78, 5) is 17.4. The van der Waals surface area contributed by atoms with E-state index in [2.05, 4.69) is 71.9 Å². The Labute approximate surface area is 207 Å². The summed E-state index contributed by atoms with van der Waals surface area (Å²) in [7, 11) is 0. The molecule has 0 saturated heterocycles. The molecule has 4 heterocycles. The third-order valence-corrected chi connectivity index (χ3v) is 5.16. The third kappa shape index (κ3) is 9.63. The summed E-state index contributed by atoms with van der Waals surface area (Å²) in [6, 6.07) is 16.6. The third-order valence-electron chi connectivity index (χ3n) is 5.16. The van der Waals surface area contributed by atoms with E-state index < -0.39 is 0 Å². The van der Waals surface area contributed by atoms with Crippen molar-refractivity contribution in [2.75, 3.05) is 0 Å². The molecule has 0 N–H and O–H groups in total. The molecule has 0 spiro atoms. The van der Waals surface area contributed by atoms with E-state index in [9.17, 15) is 0 Å². The molecule has 4 aromatic rings. The first kappa shape index (κ1) is 26.3. The molecular weight excluding hydrogens is 451 g/mol. The van der Waals surface area contributed by atoms with E-state index in [4.69, 9.17) is 0 Å². The van der Waals surface area contributed by atoms with Gasteiger partial charge in [-0.25, -0.2) is 0 Å². The van der Waals surface area contributed by atoms with Gasteiger partial charge in [0, 0.05) is 47.6 Å². The molecule has 5 heteroatoms. The largest absolute Gasteiger partial charge is 2.00 e. The second-order valence-electron chi connectivity index (χ2n) is 8.30. The molecule has 0 unspecified atom stereocenters.